The molecule has 100 valence electrons. The van der Waals surface area contributed by atoms with Crippen molar-refractivity contribution >= 4 is 11.8 Å². The third-order valence-electron chi connectivity index (χ3n) is 3.68. The molecule has 1 aromatic rings. The predicted octanol–water partition coefficient (Wildman–Crippen LogP) is 3.14. The van der Waals surface area contributed by atoms with E-state index < -0.39 is 0 Å². The molecule has 0 saturated carbocycles. The zero-order valence-electron chi connectivity index (χ0n) is 11.3. The summed E-state index contributed by atoms with van der Waals surface area (Å²) in [6.45, 7) is 3.27. The predicted molar refractivity (Wildman–Crippen MR) is 80.1 cm³/mol. The number of hydrogen-bond acceptors (Lipinski definition) is 3. The van der Waals surface area contributed by atoms with Gasteiger partial charge in [0.2, 0.25) is 0 Å². The van der Waals surface area contributed by atoms with Gasteiger partial charge in [0.05, 0.1) is 0 Å². The molecule has 1 aliphatic heterocycles. The van der Waals surface area contributed by atoms with Gasteiger partial charge in [-0.05, 0) is 67.3 Å². The lowest BCUT2D eigenvalue weighted by Gasteiger charge is -2.27. The average Bonchev–Trinajstić information content (AvgIpc) is 2.41. The standard InChI is InChI=1S/C15H24N2S/c1-2-17-15(11-13-3-7-16-8-4-13)12-14-5-9-18-10-6-14/h3-4,7-8,14-15,17H,2,5-6,9-12H2,1H3. The highest BCUT2D eigenvalue weighted by molar-refractivity contribution is 7.99. The zero-order valence-corrected chi connectivity index (χ0v) is 12.1. The highest BCUT2D eigenvalue weighted by Crippen LogP contribution is 2.27. The molecule has 0 aliphatic carbocycles. The van der Waals surface area contributed by atoms with Crippen LogP contribution in [0.15, 0.2) is 24.5 Å². The summed E-state index contributed by atoms with van der Waals surface area (Å²) in [4.78, 5) is 4.09. The molecule has 1 aromatic heterocycles. The lowest BCUT2D eigenvalue weighted by Crippen LogP contribution is -2.33. The summed E-state index contributed by atoms with van der Waals surface area (Å²) in [5, 5.41) is 3.65. The van der Waals surface area contributed by atoms with Crippen LogP contribution in [0, 0.1) is 5.92 Å². The minimum atomic E-state index is 0.630. The van der Waals surface area contributed by atoms with Crippen LogP contribution in [-0.4, -0.2) is 29.1 Å². The number of rotatable bonds is 6. The summed E-state index contributed by atoms with van der Waals surface area (Å²) in [5.41, 5.74) is 1.40. The van der Waals surface area contributed by atoms with Gasteiger partial charge in [-0.3, -0.25) is 4.98 Å². The van der Waals surface area contributed by atoms with Gasteiger partial charge in [0.25, 0.3) is 0 Å². The average molecular weight is 264 g/mol. The van der Waals surface area contributed by atoms with Crippen molar-refractivity contribution in [2.45, 2.75) is 38.6 Å². The van der Waals surface area contributed by atoms with Gasteiger partial charge in [-0.2, -0.15) is 11.8 Å². The van der Waals surface area contributed by atoms with Crippen molar-refractivity contribution in [3.8, 4) is 0 Å². The van der Waals surface area contributed by atoms with Crippen molar-refractivity contribution in [2.24, 2.45) is 5.92 Å². The molecule has 0 spiro atoms. The number of aromatic nitrogens is 1. The fourth-order valence-electron chi connectivity index (χ4n) is 2.72. The first-order valence-corrected chi connectivity index (χ1v) is 8.24. The second kappa shape index (κ2) is 7.80. The summed E-state index contributed by atoms with van der Waals surface area (Å²) in [6.07, 6.45) is 9.08. The molecular weight excluding hydrogens is 240 g/mol. The molecule has 18 heavy (non-hydrogen) atoms. The van der Waals surface area contributed by atoms with E-state index in [-0.39, 0.29) is 0 Å². The SMILES string of the molecule is CCNC(Cc1ccncc1)CC1CCSCC1. The largest absolute Gasteiger partial charge is 0.314 e. The molecule has 0 aromatic carbocycles. The molecule has 0 bridgehead atoms. The van der Waals surface area contributed by atoms with E-state index in [0.717, 1.165) is 18.9 Å². The molecule has 1 unspecified atom stereocenters. The normalized spacial score (nSPS) is 18.7. The van der Waals surface area contributed by atoms with Gasteiger partial charge in [-0.25, -0.2) is 0 Å². The number of hydrogen-bond donors (Lipinski definition) is 1. The molecule has 0 radical (unpaired) electrons. The Morgan fingerprint density at radius 2 is 2.06 bits per heavy atom. The van der Waals surface area contributed by atoms with Crippen LogP contribution in [0.3, 0.4) is 0 Å². The molecule has 2 heterocycles. The molecule has 1 atom stereocenters. The van der Waals surface area contributed by atoms with Crippen molar-refractivity contribution in [1.29, 1.82) is 0 Å². The number of thioether (sulfide) groups is 1. The van der Waals surface area contributed by atoms with Crippen LogP contribution < -0.4 is 5.32 Å². The van der Waals surface area contributed by atoms with Crippen molar-refractivity contribution in [2.75, 3.05) is 18.1 Å². The molecule has 2 rings (SSSR count). The van der Waals surface area contributed by atoms with E-state index in [1.165, 1.54) is 36.3 Å². The quantitative estimate of drug-likeness (QED) is 0.854. The Bertz CT molecular complexity index is 323. The molecular formula is C15H24N2S. The summed E-state index contributed by atoms with van der Waals surface area (Å²) in [5.74, 6) is 3.65. The van der Waals surface area contributed by atoms with Crippen LogP contribution in [0.1, 0.15) is 31.7 Å². The van der Waals surface area contributed by atoms with Crippen molar-refractivity contribution < 1.29 is 0 Å². The van der Waals surface area contributed by atoms with Crippen molar-refractivity contribution in [1.82, 2.24) is 10.3 Å². The second-order valence-corrected chi connectivity index (χ2v) is 6.33. The molecule has 1 saturated heterocycles. The minimum absolute atomic E-state index is 0.630. The Hall–Kier alpha value is -0.540. The van der Waals surface area contributed by atoms with E-state index in [0.29, 0.717) is 6.04 Å². The molecule has 3 heteroatoms. The third kappa shape index (κ3) is 4.62. The number of likely N-dealkylation sites (N-methyl/N-ethyl adjacent to an activating group) is 1. The van der Waals surface area contributed by atoms with E-state index in [4.69, 9.17) is 0 Å². The van der Waals surface area contributed by atoms with Gasteiger partial charge in [-0.15, -0.1) is 0 Å². The molecule has 1 N–H and O–H groups in total. The van der Waals surface area contributed by atoms with E-state index in [9.17, 15) is 0 Å². The minimum Gasteiger partial charge on any atom is -0.314 e. The maximum atomic E-state index is 4.09. The lowest BCUT2D eigenvalue weighted by atomic mass is 9.91. The van der Waals surface area contributed by atoms with Crippen LogP contribution >= 0.6 is 11.8 Å². The van der Waals surface area contributed by atoms with Gasteiger partial charge < -0.3 is 5.32 Å². The van der Waals surface area contributed by atoms with E-state index in [1.807, 2.05) is 12.4 Å². The summed E-state index contributed by atoms with van der Waals surface area (Å²) in [6, 6.07) is 4.91. The van der Waals surface area contributed by atoms with Gasteiger partial charge in [-0.1, -0.05) is 6.92 Å². The maximum absolute atomic E-state index is 4.09. The Balaban J connectivity index is 1.86. The third-order valence-corrected chi connectivity index (χ3v) is 4.73. The highest BCUT2D eigenvalue weighted by atomic mass is 32.2. The topological polar surface area (TPSA) is 24.9 Å². The Morgan fingerprint density at radius 1 is 1.33 bits per heavy atom. The Kier molecular flexibility index (Phi) is 6.01. The highest BCUT2D eigenvalue weighted by Gasteiger charge is 2.18. The summed E-state index contributed by atoms with van der Waals surface area (Å²) in [7, 11) is 0. The van der Waals surface area contributed by atoms with Crippen molar-refractivity contribution in [3.05, 3.63) is 30.1 Å². The number of pyridine rings is 1. The van der Waals surface area contributed by atoms with Crippen LogP contribution in [0.4, 0.5) is 0 Å². The van der Waals surface area contributed by atoms with E-state index >= 15 is 0 Å². The first-order valence-electron chi connectivity index (χ1n) is 7.08. The summed E-state index contributed by atoms with van der Waals surface area (Å²) >= 11 is 2.11. The van der Waals surface area contributed by atoms with E-state index in [2.05, 4.69) is 41.1 Å². The van der Waals surface area contributed by atoms with Crippen LogP contribution in [0.2, 0.25) is 0 Å². The van der Waals surface area contributed by atoms with Gasteiger partial charge in [0.1, 0.15) is 0 Å². The van der Waals surface area contributed by atoms with Gasteiger partial charge in [0.15, 0.2) is 0 Å². The molecule has 2 nitrogen and oxygen atoms in total. The van der Waals surface area contributed by atoms with E-state index in [1.54, 1.807) is 0 Å². The zero-order chi connectivity index (χ0) is 12.6. The smallest absolute Gasteiger partial charge is 0.0270 e. The molecule has 1 fully saturated rings. The second-order valence-electron chi connectivity index (χ2n) is 5.11. The number of nitrogens with zero attached hydrogens (tertiary/aromatic N) is 1. The molecule has 0 amide bonds. The first kappa shape index (κ1) is 13.9. The Morgan fingerprint density at radius 3 is 2.72 bits per heavy atom. The van der Waals surface area contributed by atoms with Crippen LogP contribution in [0.5, 0.6) is 0 Å². The molecule has 1 aliphatic rings. The fourth-order valence-corrected chi connectivity index (χ4v) is 3.92. The first-order chi connectivity index (χ1) is 8.88. The fraction of sp³-hybridized carbons (Fsp3) is 0.667. The van der Waals surface area contributed by atoms with Crippen molar-refractivity contribution in [3.63, 3.8) is 0 Å². The maximum Gasteiger partial charge on any atom is 0.0270 e. The summed E-state index contributed by atoms with van der Waals surface area (Å²) < 4.78 is 0. The monoisotopic (exact) mass is 264 g/mol. The lowest BCUT2D eigenvalue weighted by molar-refractivity contribution is 0.366. The Labute approximate surface area is 115 Å². The van der Waals surface area contributed by atoms with Crippen LogP contribution in [0.25, 0.3) is 0 Å². The van der Waals surface area contributed by atoms with Crippen LogP contribution in [-0.2, 0) is 6.42 Å². The van der Waals surface area contributed by atoms with Gasteiger partial charge >= 0.3 is 0 Å². The number of nitrogens with one attached hydrogen (secondary N) is 1. The van der Waals surface area contributed by atoms with Gasteiger partial charge in [0, 0.05) is 18.4 Å².